The van der Waals surface area contributed by atoms with Gasteiger partial charge in [0.25, 0.3) is 0 Å². The Balaban J connectivity index is 2.95. The SMILES string of the molecule is COc1cc(C)c(F)c(CCON)c1. The van der Waals surface area contributed by atoms with E-state index >= 15 is 0 Å². The number of hydrogen-bond acceptors (Lipinski definition) is 3. The Morgan fingerprint density at radius 1 is 1.43 bits per heavy atom. The zero-order chi connectivity index (χ0) is 10.6. The molecule has 1 aromatic carbocycles. The molecule has 1 rings (SSSR count). The highest BCUT2D eigenvalue weighted by molar-refractivity contribution is 5.35. The minimum Gasteiger partial charge on any atom is -0.497 e. The third-order valence-electron chi connectivity index (χ3n) is 2.03. The van der Waals surface area contributed by atoms with Gasteiger partial charge in [-0.25, -0.2) is 10.3 Å². The fourth-order valence-corrected chi connectivity index (χ4v) is 1.28. The number of nitrogens with two attached hydrogens (primary N) is 1. The summed E-state index contributed by atoms with van der Waals surface area (Å²) < 4.78 is 18.5. The monoisotopic (exact) mass is 199 g/mol. The molecule has 2 N–H and O–H groups in total. The quantitative estimate of drug-likeness (QED) is 0.749. The molecule has 0 aliphatic heterocycles. The first-order valence-electron chi connectivity index (χ1n) is 4.33. The fraction of sp³-hybridized carbons (Fsp3) is 0.400. The summed E-state index contributed by atoms with van der Waals surface area (Å²) in [5.41, 5.74) is 1.13. The molecule has 78 valence electrons. The molecule has 0 atom stereocenters. The minimum atomic E-state index is -0.220. The summed E-state index contributed by atoms with van der Waals surface area (Å²) in [4.78, 5) is 4.41. The van der Waals surface area contributed by atoms with Crippen LogP contribution in [-0.2, 0) is 11.3 Å². The van der Waals surface area contributed by atoms with Gasteiger partial charge in [-0.05, 0) is 30.2 Å². The smallest absolute Gasteiger partial charge is 0.129 e. The van der Waals surface area contributed by atoms with E-state index in [0.717, 1.165) is 0 Å². The molecule has 0 unspecified atom stereocenters. The molecule has 4 heteroatoms. The van der Waals surface area contributed by atoms with Gasteiger partial charge in [0, 0.05) is 6.42 Å². The molecule has 0 aromatic heterocycles. The second kappa shape index (κ2) is 4.93. The lowest BCUT2D eigenvalue weighted by Gasteiger charge is -2.08. The molecule has 1 aromatic rings. The predicted molar refractivity (Wildman–Crippen MR) is 51.5 cm³/mol. The molecule has 0 fully saturated rings. The number of halogens is 1. The Labute approximate surface area is 82.6 Å². The van der Waals surface area contributed by atoms with Crippen LogP contribution in [0.3, 0.4) is 0 Å². The maximum Gasteiger partial charge on any atom is 0.129 e. The molecule has 0 heterocycles. The summed E-state index contributed by atoms with van der Waals surface area (Å²) in [5.74, 6) is 5.31. The Morgan fingerprint density at radius 2 is 2.14 bits per heavy atom. The van der Waals surface area contributed by atoms with E-state index < -0.39 is 0 Å². The second-order valence-corrected chi connectivity index (χ2v) is 3.04. The van der Waals surface area contributed by atoms with Crippen molar-refractivity contribution in [3.8, 4) is 5.75 Å². The Morgan fingerprint density at radius 3 is 2.71 bits per heavy atom. The summed E-state index contributed by atoms with van der Waals surface area (Å²) in [6.07, 6.45) is 0.445. The van der Waals surface area contributed by atoms with Crippen LogP contribution in [0.4, 0.5) is 4.39 Å². The molecule has 0 saturated heterocycles. The maximum atomic E-state index is 13.5. The molecular formula is C10H14FNO2. The largest absolute Gasteiger partial charge is 0.497 e. The lowest BCUT2D eigenvalue weighted by atomic mass is 10.1. The molecule has 0 saturated carbocycles. The molecule has 3 nitrogen and oxygen atoms in total. The van der Waals surface area contributed by atoms with Crippen molar-refractivity contribution in [2.45, 2.75) is 13.3 Å². The van der Waals surface area contributed by atoms with Gasteiger partial charge in [0.05, 0.1) is 13.7 Å². The molecule has 0 radical (unpaired) electrons. The van der Waals surface area contributed by atoms with Gasteiger partial charge >= 0.3 is 0 Å². The van der Waals surface area contributed by atoms with Crippen molar-refractivity contribution >= 4 is 0 Å². The van der Waals surface area contributed by atoms with Gasteiger partial charge in [-0.2, -0.15) is 0 Å². The molecule has 0 bridgehead atoms. The first kappa shape index (κ1) is 10.9. The number of ether oxygens (including phenoxy) is 1. The van der Waals surface area contributed by atoms with Gasteiger partial charge < -0.3 is 9.57 Å². The lowest BCUT2D eigenvalue weighted by molar-refractivity contribution is 0.140. The molecular weight excluding hydrogens is 185 g/mol. The van der Waals surface area contributed by atoms with Crippen molar-refractivity contribution in [2.24, 2.45) is 5.90 Å². The topological polar surface area (TPSA) is 44.5 Å². The standard InChI is InChI=1S/C10H14FNO2/c1-7-5-9(13-2)6-8(10(7)11)3-4-14-12/h5-6H,3-4,12H2,1-2H3. The zero-order valence-electron chi connectivity index (χ0n) is 8.34. The van der Waals surface area contributed by atoms with Crippen molar-refractivity contribution in [3.63, 3.8) is 0 Å². The first-order chi connectivity index (χ1) is 6.69. The number of aryl methyl sites for hydroxylation is 1. The van der Waals surface area contributed by atoms with Gasteiger partial charge in [-0.15, -0.1) is 0 Å². The molecule has 0 aliphatic carbocycles. The fourth-order valence-electron chi connectivity index (χ4n) is 1.28. The second-order valence-electron chi connectivity index (χ2n) is 3.04. The van der Waals surface area contributed by atoms with E-state index in [9.17, 15) is 4.39 Å². The molecule has 0 spiro atoms. The number of methoxy groups -OCH3 is 1. The third-order valence-corrected chi connectivity index (χ3v) is 2.03. The van der Waals surface area contributed by atoms with Crippen LogP contribution in [0.1, 0.15) is 11.1 Å². The van der Waals surface area contributed by atoms with Crippen LogP contribution in [0.15, 0.2) is 12.1 Å². The van der Waals surface area contributed by atoms with E-state index in [1.807, 2.05) is 0 Å². The first-order valence-corrected chi connectivity index (χ1v) is 4.33. The summed E-state index contributed by atoms with van der Waals surface area (Å²) in [7, 11) is 1.55. The Hall–Kier alpha value is -1.13. The van der Waals surface area contributed by atoms with Crippen LogP contribution < -0.4 is 10.6 Å². The van der Waals surface area contributed by atoms with E-state index in [0.29, 0.717) is 29.9 Å². The summed E-state index contributed by atoms with van der Waals surface area (Å²) >= 11 is 0. The van der Waals surface area contributed by atoms with Crippen LogP contribution >= 0.6 is 0 Å². The van der Waals surface area contributed by atoms with Crippen LogP contribution in [-0.4, -0.2) is 13.7 Å². The van der Waals surface area contributed by atoms with Gasteiger partial charge in [-0.3, -0.25) is 0 Å². The van der Waals surface area contributed by atoms with Gasteiger partial charge in [0.1, 0.15) is 11.6 Å². The highest BCUT2D eigenvalue weighted by Gasteiger charge is 2.07. The number of hydrogen-bond donors (Lipinski definition) is 1. The van der Waals surface area contributed by atoms with E-state index in [1.165, 1.54) is 0 Å². The summed E-state index contributed by atoms with van der Waals surface area (Å²) in [5, 5.41) is 0. The molecule has 14 heavy (non-hydrogen) atoms. The van der Waals surface area contributed by atoms with Crippen molar-refractivity contribution in [1.29, 1.82) is 0 Å². The molecule has 0 amide bonds. The van der Waals surface area contributed by atoms with Crippen molar-refractivity contribution in [2.75, 3.05) is 13.7 Å². The van der Waals surface area contributed by atoms with Crippen LogP contribution in [0, 0.1) is 12.7 Å². The van der Waals surface area contributed by atoms with Gasteiger partial charge in [0.2, 0.25) is 0 Å². The summed E-state index contributed by atoms with van der Waals surface area (Å²) in [6.45, 7) is 1.99. The lowest BCUT2D eigenvalue weighted by Crippen LogP contribution is -2.06. The van der Waals surface area contributed by atoms with Crippen LogP contribution in [0.25, 0.3) is 0 Å². The van der Waals surface area contributed by atoms with E-state index in [4.69, 9.17) is 10.6 Å². The van der Waals surface area contributed by atoms with Crippen LogP contribution in [0.5, 0.6) is 5.75 Å². The number of rotatable bonds is 4. The van der Waals surface area contributed by atoms with Crippen molar-refractivity contribution in [1.82, 2.24) is 0 Å². The number of benzene rings is 1. The van der Waals surface area contributed by atoms with E-state index in [-0.39, 0.29) is 5.82 Å². The Kier molecular flexibility index (Phi) is 3.85. The predicted octanol–water partition coefficient (Wildman–Crippen LogP) is 1.58. The average Bonchev–Trinajstić information content (AvgIpc) is 2.20. The van der Waals surface area contributed by atoms with Crippen LogP contribution in [0.2, 0.25) is 0 Å². The minimum absolute atomic E-state index is 0.220. The third kappa shape index (κ3) is 2.43. The summed E-state index contributed by atoms with van der Waals surface area (Å²) in [6, 6.07) is 3.31. The zero-order valence-corrected chi connectivity index (χ0v) is 8.34. The maximum absolute atomic E-state index is 13.5. The van der Waals surface area contributed by atoms with Gasteiger partial charge in [-0.1, -0.05) is 0 Å². The van der Waals surface area contributed by atoms with Gasteiger partial charge in [0.15, 0.2) is 0 Å². The normalized spacial score (nSPS) is 10.3. The van der Waals surface area contributed by atoms with Crippen molar-refractivity contribution < 1.29 is 14.0 Å². The Bertz CT molecular complexity index is 315. The molecule has 0 aliphatic rings. The van der Waals surface area contributed by atoms with Crippen molar-refractivity contribution in [3.05, 3.63) is 29.1 Å². The van der Waals surface area contributed by atoms with E-state index in [2.05, 4.69) is 4.84 Å². The highest BCUT2D eigenvalue weighted by Crippen LogP contribution is 2.21. The average molecular weight is 199 g/mol. The highest BCUT2D eigenvalue weighted by atomic mass is 19.1. The van der Waals surface area contributed by atoms with E-state index in [1.54, 1.807) is 26.2 Å².